The Morgan fingerprint density at radius 2 is 1.83 bits per heavy atom. The zero-order valence-electron chi connectivity index (χ0n) is 9.73. The second-order valence-corrected chi connectivity index (χ2v) is 5.16. The molecular formula is C14H12ClFOS. The molecule has 0 saturated carbocycles. The van der Waals surface area contributed by atoms with Crippen molar-refractivity contribution in [3.05, 3.63) is 64.4 Å². The van der Waals surface area contributed by atoms with Gasteiger partial charge in [-0.2, -0.15) is 0 Å². The molecule has 0 radical (unpaired) electrons. The Labute approximate surface area is 115 Å². The van der Waals surface area contributed by atoms with Gasteiger partial charge in [0.2, 0.25) is 0 Å². The van der Waals surface area contributed by atoms with Crippen molar-refractivity contribution in [2.45, 2.75) is 11.0 Å². The lowest BCUT2D eigenvalue weighted by atomic mass is 10.0. The molecule has 0 aromatic heterocycles. The number of rotatable bonds is 3. The smallest absolute Gasteiger partial charge is 0.130 e. The van der Waals surface area contributed by atoms with Crippen molar-refractivity contribution in [2.75, 3.05) is 6.26 Å². The van der Waals surface area contributed by atoms with Crippen LogP contribution < -0.4 is 0 Å². The summed E-state index contributed by atoms with van der Waals surface area (Å²) in [7, 11) is 0. The average molecular weight is 283 g/mol. The molecule has 0 fully saturated rings. The second kappa shape index (κ2) is 5.74. The Bertz CT molecular complexity index is 542. The molecule has 94 valence electrons. The first-order chi connectivity index (χ1) is 8.61. The Balaban J connectivity index is 2.31. The fourth-order valence-corrected chi connectivity index (χ4v) is 2.26. The van der Waals surface area contributed by atoms with E-state index in [0.717, 1.165) is 4.90 Å². The molecule has 0 spiro atoms. The fraction of sp³-hybridized carbons (Fsp3) is 0.143. The highest BCUT2D eigenvalue weighted by atomic mass is 35.5. The Kier molecular flexibility index (Phi) is 4.27. The molecule has 2 aromatic carbocycles. The molecule has 2 aromatic rings. The summed E-state index contributed by atoms with van der Waals surface area (Å²) in [5.41, 5.74) is 0.894. The van der Waals surface area contributed by atoms with Crippen molar-refractivity contribution in [1.29, 1.82) is 0 Å². The van der Waals surface area contributed by atoms with Gasteiger partial charge < -0.3 is 5.11 Å². The minimum absolute atomic E-state index is 0.233. The number of aliphatic hydroxyl groups is 1. The molecule has 18 heavy (non-hydrogen) atoms. The Morgan fingerprint density at radius 3 is 2.39 bits per heavy atom. The summed E-state index contributed by atoms with van der Waals surface area (Å²) in [6, 6.07) is 11.7. The summed E-state index contributed by atoms with van der Waals surface area (Å²) in [6.07, 6.45) is 1.00. The van der Waals surface area contributed by atoms with Crippen LogP contribution in [0.1, 0.15) is 17.2 Å². The molecule has 0 bridgehead atoms. The highest BCUT2D eigenvalue weighted by Crippen LogP contribution is 2.27. The van der Waals surface area contributed by atoms with Crippen LogP contribution in [0.2, 0.25) is 5.02 Å². The second-order valence-electron chi connectivity index (χ2n) is 3.84. The van der Waals surface area contributed by atoms with Gasteiger partial charge in [0.1, 0.15) is 11.9 Å². The molecule has 0 aliphatic heterocycles. The van der Waals surface area contributed by atoms with Gasteiger partial charge in [-0.15, -0.1) is 11.8 Å². The largest absolute Gasteiger partial charge is 0.384 e. The molecule has 0 aliphatic rings. The number of thioether (sulfide) groups is 1. The lowest BCUT2D eigenvalue weighted by Gasteiger charge is -2.13. The number of hydrogen-bond donors (Lipinski definition) is 1. The lowest BCUT2D eigenvalue weighted by molar-refractivity contribution is 0.215. The third kappa shape index (κ3) is 2.86. The van der Waals surface area contributed by atoms with Crippen LogP contribution in [0.5, 0.6) is 0 Å². The molecular weight excluding hydrogens is 271 g/mol. The average Bonchev–Trinajstić information content (AvgIpc) is 2.38. The number of aliphatic hydroxyl groups excluding tert-OH is 1. The molecule has 0 amide bonds. The summed E-state index contributed by atoms with van der Waals surface area (Å²) in [6.45, 7) is 0. The first-order valence-electron chi connectivity index (χ1n) is 5.39. The maximum absolute atomic E-state index is 13.7. The number of halogens is 2. The normalized spacial score (nSPS) is 12.4. The summed E-state index contributed by atoms with van der Waals surface area (Å²) in [4.78, 5) is 1.10. The van der Waals surface area contributed by atoms with E-state index in [2.05, 4.69) is 0 Å². The van der Waals surface area contributed by atoms with Crippen molar-refractivity contribution in [3.8, 4) is 0 Å². The molecule has 2 rings (SSSR count). The van der Waals surface area contributed by atoms with Gasteiger partial charge in [-0.3, -0.25) is 0 Å². The molecule has 4 heteroatoms. The van der Waals surface area contributed by atoms with Gasteiger partial charge in [0.25, 0.3) is 0 Å². The van der Waals surface area contributed by atoms with Gasteiger partial charge in [-0.05, 0) is 36.1 Å². The molecule has 0 aliphatic carbocycles. The van der Waals surface area contributed by atoms with Crippen LogP contribution in [0.3, 0.4) is 0 Å². The Hall–Kier alpha value is -1.03. The van der Waals surface area contributed by atoms with Crippen molar-refractivity contribution >= 4 is 23.4 Å². The third-order valence-corrected chi connectivity index (χ3v) is 3.67. The minimum atomic E-state index is -0.974. The zero-order valence-corrected chi connectivity index (χ0v) is 11.3. The van der Waals surface area contributed by atoms with Crippen LogP contribution in [0.25, 0.3) is 0 Å². The summed E-state index contributed by atoms with van der Waals surface area (Å²) in [5, 5.41) is 10.5. The van der Waals surface area contributed by atoms with Crippen LogP contribution in [0, 0.1) is 5.82 Å². The number of hydrogen-bond acceptors (Lipinski definition) is 2. The van der Waals surface area contributed by atoms with E-state index in [1.165, 1.54) is 12.1 Å². The maximum atomic E-state index is 13.7. The van der Waals surface area contributed by atoms with Gasteiger partial charge in [0.05, 0.1) is 0 Å². The van der Waals surface area contributed by atoms with Gasteiger partial charge in [-0.25, -0.2) is 4.39 Å². The standard InChI is InChI=1S/C14H12ClFOS/c1-18-11-5-2-9(3-6-11)14(17)12-7-4-10(15)8-13(12)16/h2-8,14,17H,1H3. The molecule has 0 saturated heterocycles. The summed E-state index contributed by atoms with van der Waals surface area (Å²) < 4.78 is 13.7. The lowest BCUT2D eigenvalue weighted by Crippen LogP contribution is -2.02. The van der Waals surface area contributed by atoms with Crippen molar-refractivity contribution in [2.24, 2.45) is 0 Å². The van der Waals surface area contributed by atoms with E-state index in [1.54, 1.807) is 30.0 Å². The van der Waals surface area contributed by atoms with Gasteiger partial charge >= 0.3 is 0 Å². The molecule has 0 heterocycles. The van der Waals surface area contributed by atoms with E-state index in [-0.39, 0.29) is 5.56 Å². The topological polar surface area (TPSA) is 20.2 Å². The molecule has 1 nitrogen and oxygen atoms in total. The van der Waals surface area contributed by atoms with Crippen molar-refractivity contribution < 1.29 is 9.50 Å². The maximum Gasteiger partial charge on any atom is 0.130 e. The SMILES string of the molecule is CSc1ccc(C(O)c2ccc(Cl)cc2F)cc1. The van der Waals surface area contributed by atoms with E-state index in [1.807, 2.05) is 18.4 Å². The van der Waals surface area contributed by atoms with E-state index in [9.17, 15) is 9.50 Å². The third-order valence-electron chi connectivity index (χ3n) is 2.69. The zero-order chi connectivity index (χ0) is 13.1. The van der Waals surface area contributed by atoms with Crippen LogP contribution in [0.4, 0.5) is 4.39 Å². The van der Waals surface area contributed by atoms with Crippen molar-refractivity contribution in [1.82, 2.24) is 0 Å². The molecule has 1 unspecified atom stereocenters. The molecule has 1 atom stereocenters. The fourth-order valence-electron chi connectivity index (χ4n) is 1.69. The monoisotopic (exact) mass is 282 g/mol. The first kappa shape index (κ1) is 13.4. The first-order valence-corrected chi connectivity index (χ1v) is 6.99. The highest BCUT2D eigenvalue weighted by Gasteiger charge is 2.15. The summed E-state index contributed by atoms with van der Waals surface area (Å²) in [5.74, 6) is -0.496. The van der Waals surface area contributed by atoms with E-state index >= 15 is 0 Å². The predicted molar refractivity (Wildman–Crippen MR) is 73.7 cm³/mol. The Morgan fingerprint density at radius 1 is 1.17 bits per heavy atom. The number of benzene rings is 2. The summed E-state index contributed by atoms with van der Waals surface area (Å²) >= 11 is 7.30. The van der Waals surface area contributed by atoms with Gasteiger partial charge in [0.15, 0.2) is 0 Å². The van der Waals surface area contributed by atoms with Crippen LogP contribution in [-0.2, 0) is 0 Å². The van der Waals surface area contributed by atoms with E-state index < -0.39 is 11.9 Å². The van der Waals surface area contributed by atoms with E-state index in [4.69, 9.17) is 11.6 Å². The van der Waals surface area contributed by atoms with Gasteiger partial charge in [0, 0.05) is 15.5 Å². The van der Waals surface area contributed by atoms with Gasteiger partial charge in [-0.1, -0.05) is 29.8 Å². The molecule has 1 N–H and O–H groups in total. The van der Waals surface area contributed by atoms with Crippen LogP contribution in [-0.4, -0.2) is 11.4 Å². The predicted octanol–water partition coefficient (Wildman–Crippen LogP) is 4.28. The highest BCUT2D eigenvalue weighted by molar-refractivity contribution is 7.98. The van der Waals surface area contributed by atoms with E-state index in [0.29, 0.717) is 10.6 Å². The van der Waals surface area contributed by atoms with Crippen LogP contribution in [0.15, 0.2) is 47.4 Å². The quantitative estimate of drug-likeness (QED) is 0.848. The van der Waals surface area contributed by atoms with Crippen molar-refractivity contribution in [3.63, 3.8) is 0 Å². The minimum Gasteiger partial charge on any atom is -0.384 e. The van der Waals surface area contributed by atoms with Crippen LogP contribution >= 0.6 is 23.4 Å².